The molecule has 0 spiro atoms. The zero-order valence-corrected chi connectivity index (χ0v) is 17.3. The second kappa shape index (κ2) is 7.73. The highest BCUT2D eigenvalue weighted by molar-refractivity contribution is 7.96. The van der Waals surface area contributed by atoms with E-state index in [2.05, 4.69) is 5.32 Å². The fourth-order valence-corrected chi connectivity index (χ4v) is 7.62. The third kappa shape index (κ3) is 4.31. The summed E-state index contributed by atoms with van der Waals surface area (Å²) in [6.07, 6.45) is 0.0610. The number of carbonyl (C=O) groups is 1. The number of halogens is 1. The van der Waals surface area contributed by atoms with E-state index in [1.165, 1.54) is 37.4 Å². The molecule has 1 aliphatic heterocycles. The van der Waals surface area contributed by atoms with Gasteiger partial charge in [0.05, 0.1) is 33.8 Å². The third-order valence-electron chi connectivity index (χ3n) is 4.46. The molecule has 2 aromatic carbocycles. The molecule has 7 nitrogen and oxygen atoms in total. The summed E-state index contributed by atoms with van der Waals surface area (Å²) in [5, 5.41) is 1.97. The number of hydrogen-bond donors (Lipinski definition) is 1. The number of rotatable bonds is 5. The van der Waals surface area contributed by atoms with Crippen LogP contribution in [0.1, 0.15) is 16.8 Å². The van der Waals surface area contributed by atoms with Crippen LogP contribution >= 0.6 is 11.6 Å². The average Bonchev–Trinajstić information content (AvgIpc) is 3.02. The highest BCUT2D eigenvalue weighted by atomic mass is 35.5. The predicted octanol–water partition coefficient (Wildman–Crippen LogP) is 2.56. The fourth-order valence-electron chi connectivity index (χ4n) is 2.96. The van der Waals surface area contributed by atoms with E-state index in [9.17, 15) is 21.6 Å². The van der Waals surface area contributed by atoms with Gasteiger partial charge in [-0.05, 0) is 42.8 Å². The van der Waals surface area contributed by atoms with E-state index >= 15 is 0 Å². The Morgan fingerprint density at radius 2 is 1.96 bits per heavy atom. The number of carbonyl (C=O) groups excluding carboxylic acids is 1. The summed E-state index contributed by atoms with van der Waals surface area (Å²) in [6, 6.07) is 10.3. The van der Waals surface area contributed by atoms with E-state index in [-0.39, 0.29) is 22.6 Å². The van der Waals surface area contributed by atoms with Gasteiger partial charge in [-0.3, -0.25) is 4.79 Å². The summed E-state index contributed by atoms with van der Waals surface area (Å²) in [4.78, 5) is 12.4. The van der Waals surface area contributed by atoms with Gasteiger partial charge >= 0.3 is 0 Å². The van der Waals surface area contributed by atoms with E-state index in [0.717, 1.165) is 0 Å². The predicted molar refractivity (Wildman–Crippen MR) is 107 cm³/mol. The van der Waals surface area contributed by atoms with Crippen molar-refractivity contribution in [3.63, 3.8) is 0 Å². The molecular formula is C18H18ClNO6S2. The van der Waals surface area contributed by atoms with Crippen molar-refractivity contribution in [2.75, 3.05) is 23.9 Å². The minimum absolute atomic E-state index is 0.0610. The van der Waals surface area contributed by atoms with Crippen molar-refractivity contribution in [2.24, 2.45) is 0 Å². The summed E-state index contributed by atoms with van der Waals surface area (Å²) < 4.78 is 53.8. The van der Waals surface area contributed by atoms with Crippen LogP contribution in [0.2, 0.25) is 5.02 Å². The van der Waals surface area contributed by atoms with Crippen LogP contribution in [0.25, 0.3) is 0 Å². The van der Waals surface area contributed by atoms with Crippen LogP contribution in [0, 0.1) is 0 Å². The van der Waals surface area contributed by atoms with Crippen LogP contribution < -0.4 is 10.1 Å². The Kier molecular flexibility index (Phi) is 5.69. The number of ether oxygens (including phenoxy) is 1. The number of benzene rings is 2. The SMILES string of the molecule is COc1ccc(NC(=O)c2cccc(S(=O)(=O)[C@@H]3CCS(=O)(=O)C3)c2)cc1Cl. The highest BCUT2D eigenvalue weighted by Crippen LogP contribution is 2.28. The number of nitrogens with one attached hydrogen (secondary N) is 1. The van der Waals surface area contributed by atoms with E-state index < -0.39 is 36.6 Å². The molecule has 1 heterocycles. The number of anilines is 1. The number of sulfone groups is 2. The monoisotopic (exact) mass is 443 g/mol. The van der Waals surface area contributed by atoms with Crippen molar-refractivity contribution in [1.82, 2.24) is 0 Å². The van der Waals surface area contributed by atoms with Gasteiger partial charge < -0.3 is 10.1 Å². The molecular weight excluding hydrogens is 426 g/mol. The molecule has 2 aromatic rings. The first kappa shape index (κ1) is 20.6. The van der Waals surface area contributed by atoms with E-state index in [4.69, 9.17) is 16.3 Å². The average molecular weight is 444 g/mol. The second-order valence-electron chi connectivity index (χ2n) is 6.40. The van der Waals surface area contributed by atoms with Gasteiger partial charge in [0.1, 0.15) is 5.75 Å². The fraction of sp³-hybridized carbons (Fsp3) is 0.278. The summed E-state index contributed by atoms with van der Waals surface area (Å²) in [5.41, 5.74) is 0.555. The molecule has 1 N–H and O–H groups in total. The smallest absolute Gasteiger partial charge is 0.255 e. The van der Waals surface area contributed by atoms with Crippen molar-refractivity contribution in [2.45, 2.75) is 16.6 Å². The molecule has 0 unspecified atom stereocenters. The van der Waals surface area contributed by atoms with Gasteiger partial charge in [-0.15, -0.1) is 0 Å². The molecule has 0 saturated carbocycles. The minimum atomic E-state index is -3.85. The zero-order valence-electron chi connectivity index (χ0n) is 14.9. The maximum Gasteiger partial charge on any atom is 0.255 e. The third-order valence-corrected chi connectivity index (χ3v) is 8.93. The molecule has 3 rings (SSSR count). The van der Waals surface area contributed by atoms with Gasteiger partial charge in [-0.25, -0.2) is 16.8 Å². The summed E-state index contributed by atoms with van der Waals surface area (Å²) in [6.45, 7) is 0. The van der Waals surface area contributed by atoms with Gasteiger partial charge in [-0.1, -0.05) is 17.7 Å². The zero-order chi connectivity index (χ0) is 20.5. The maximum absolute atomic E-state index is 12.7. The molecule has 150 valence electrons. The molecule has 1 atom stereocenters. The Morgan fingerprint density at radius 1 is 1.21 bits per heavy atom. The highest BCUT2D eigenvalue weighted by Gasteiger charge is 2.38. The van der Waals surface area contributed by atoms with Gasteiger partial charge in [0.2, 0.25) is 0 Å². The number of methoxy groups -OCH3 is 1. The Hall–Kier alpha value is -2.10. The number of amides is 1. The van der Waals surface area contributed by atoms with Crippen molar-refractivity contribution in [3.05, 3.63) is 53.1 Å². The Labute approximate surface area is 168 Å². The Balaban J connectivity index is 1.83. The summed E-state index contributed by atoms with van der Waals surface area (Å²) in [5.74, 6) is -0.595. The molecule has 1 amide bonds. The van der Waals surface area contributed by atoms with Crippen molar-refractivity contribution < 1.29 is 26.4 Å². The van der Waals surface area contributed by atoms with E-state index in [1.54, 1.807) is 12.1 Å². The van der Waals surface area contributed by atoms with Crippen LogP contribution in [0.3, 0.4) is 0 Å². The van der Waals surface area contributed by atoms with Gasteiger partial charge in [0, 0.05) is 11.3 Å². The molecule has 0 bridgehead atoms. The molecule has 0 aliphatic carbocycles. The maximum atomic E-state index is 12.7. The Morgan fingerprint density at radius 3 is 2.57 bits per heavy atom. The molecule has 1 aliphatic rings. The normalized spacial score (nSPS) is 18.6. The van der Waals surface area contributed by atoms with Crippen molar-refractivity contribution >= 4 is 42.9 Å². The summed E-state index contributed by atoms with van der Waals surface area (Å²) >= 11 is 6.04. The minimum Gasteiger partial charge on any atom is -0.495 e. The van der Waals surface area contributed by atoms with Gasteiger partial charge in [-0.2, -0.15) is 0 Å². The molecule has 1 saturated heterocycles. The molecule has 0 radical (unpaired) electrons. The number of hydrogen-bond acceptors (Lipinski definition) is 6. The quantitative estimate of drug-likeness (QED) is 0.761. The first-order chi connectivity index (χ1) is 13.1. The lowest BCUT2D eigenvalue weighted by Gasteiger charge is -2.12. The largest absolute Gasteiger partial charge is 0.495 e. The van der Waals surface area contributed by atoms with Crippen LogP contribution in [-0.2, 0) is 19.7 Å². The lowest BCUT2D eigenvalue weighted by Crippen LogP contribution is -2.23. The summed E-state index contributed by atoms with van der Waals surface area (Å²) in [7, 11) is -5.72. The van der Waals surface area contributed by atoms with E-state index in [1.807, 2.05) is 0 Å². The first-order valence-corrected chi connectivity index (χ1v) is 12.1. The standard InChI is InChI=1S/C18H18ClNO6S2/c1-26-17-6-5-13(10-16(17)19)20-18(21)12-3-2-4-14(9-12)28(24,25)15-7-8-27(22,23)11-15/h2-6,9-10,15H,7-8,11H2,1H3,(H,20,21)/t15-/m1/s1. The van der Waals surface area contributed by atoms with Crippen LogP contribution in [-0.4, -0.2) is 46.6 Å². The van der Waals surface area contributed by atoms with E-state index in [0.29, 0.717) is 16.5 Å². The van der Waals surface area contributed by atoms with Gasteiger partial charge in [0.25, 0.3) is 5.91 Å². The molecule has 28 heavy (non-hydrogen) atoms. The van der Waals surface area contributed by atoms with Gasteiger partial charge in [0.15, 0.2) is 19.7 Å². The molecule has 1 fully saturated rings. The first-order valence-electron chi connectivity index (χ1n) is 8.32. The van der Waals surface area contributed by atoms with Crippen LogP contribution in [0.4, 0.5) is 5.69 Å². The second-order valence-corrected chi connectivity index (χ2v) is 11.3. The van der Waals surface area contributed by atoms with Crippen molar-refractivity contribution in [3.8, 4) is 5.75 Å². The van der Waals surface area contributed by atoms with Crippen LogP contribution in [0.15, 0.2) is 47.4 Å². The lowest BCUT2D eigenvalue weighted by molar-refractivity contribution is 0.102. The van der Waals surface area contributed by atoms with Crippen LogP contribution in [0.5, 0.6) is 5.75 Å². The molecule has 0 aromatic heterocycles. The van der Waals surface area contributed by atoms with Crippen molar-refractivity contribution in [1.29, 1.82) is 0 Å². The molecule has 10 heteroatoms. The Bertz CT molecular complexity index is 1130. The topological polar surface area (TPSA) is 107 Å². The lowest BCUT2D eigenvalue weighted by atomic mass is 10.2.